The van der Waals surface area contributed by atoms with Crippen LogP contribution < -0.4 is 0 Å². The van der Waals surface area contributed by atoms with Gasteiger partial charge < -0.3 is 9.05 Å². The van der Waals surface area contributed by atoms with Crippen molar-refractivity contribution in [3.05, 3.63) is 23.8 Å². The Labute approximate surface area is 108 Å². The summed E-state index contributed by atoms with van der Waals surface area (Å²) < 4.78 is 22.7. The van der Waals surface area contributed by atoms with E-state index in [2.05, 4.69) is 9.97 Å². The Hall–Kier alpha value is -0.770. The maximum Gasteiger partial charge on any atom is 0.331 e. The Bertz CT molecular complexity index is 402. The number of aryl methyl sites for hydroxylation is 2. The largest absolute Gasteiger partial charge is 0.331 e. The average Bonchev–Trinajstić information content (AvgIpc) is 2.37. The molecule has 0 aliphatic heterocycles. The summed E-state index contributed by atoms with van der Waals surface area (Å²) >= 11 is 0. The van der Waals surface area contributed by atoms with Crippen LogP contribution in [0, 0.1) is 0 Å². The lowest BCUT2D eigenvalue weighted by atomic mass is 10.2. The third kappa shape index (κ3) is 4.84. The second-order valence-corrected chi connectivity index (χ2v) is 5.96. The van der Waals surface area contributed by atoms with Crippen LogP contribution in [0.1, 0.15) is 32.2 Å². The Kier molecular flexibility index (Phi) is 6.47. The Balaban J connectivity index is 2.63. The van der Waals surface area contributed by atoms with Gasteiger partial charge in [-0.15, -0.1) is 0 Å². The number of hydrogen-bond acceptors (Lipinski definition) is 5. The first-order valence-electron chi connectivity index (χ1n) is 6.31. The van der Waals surface area contributed by atoms with Gasteiger partial charge in [-0.3, -0.25) is 4.57 Å². The van der Waals surface area contributed by atoms with Crippen LogP contribution in [0.3, 0.4) is 0 Å². The van der Waals surface area contributed by atoms with E-state index in [9.17, 15) is 4.57 Å². The van der Waals surface area contributed by atoms with Crippen molar-refractivity contribution in [2.24, 2.45) is 0 Å². The molecule has 0 amide bonds. The van der Waals surface area contributed by atoms with Crippen molar-refractivity contribution in [1.82, 2.24) is 9.97 Å². The molecule has 0 aromatic carbocycles. The summed E-state index contributed by atoms with van der Waals surface area (Å²) in [6.45, 7) is 6.44. The van der Waals surface area contributed by atoms with Gasteiger partial charge in [0.1, 0.15) is 6.33 Å². The van der Waals surface area contributed by atoms with Gasteiger partial charge in [-0.1, -0.05) is 6.92 Å². The van der Waals surface area contributed by atoms with Crippen LogP contribution in [0.2, 0.25) is 0 Å². The van der Waals surface area contributed by atoms with Gasteiger partial charge >= 0.3 is 7.60 Å². The summed E-state index contributed by atoms with van der Waals surface area (Å²) in [5, 5.41) is 0. The summed E-state index contributed by atoms with van der Waals surface area (Å²) in [5.41, 5.74) is 1.86. The quantitative estimate of drug-likeness (QED) is 0.681. The Morgan fingerprint density at radius 1 is 1.11 bits per heavy atom. The molecule has 0 atom stereocenters. The topological polar surface area (TPSA) is 61.3 Å². The van der Waals surface area contributed by atoms with Crippen molar-refractivity contribution >= 4 is 7.60 Å². The van der Waals surface area contributed by atoms with Crippen LogP contribution in [0.25, 0.3) is 0 Å². The van der Waals surface area contributed by atoms with E-state index in [0.29, 0.717) is 25.8 Å². The summed E-state index contributed by atoms with van der Waals surface area (Å²) in [4.78, 5) is 8.30. The van der Waals surface area contributed by atoms with E-state index in [1.54, 1.807) is 6.33 Å². The van der Waals surface area contributed by atoms with E-state index >= 15 is 0 Å². The molecule has 0 saturated heterocycles. The minimum atomic E-state index is -2.97. The molecule has 0 saturated carbocycles. The van der Waals surface area contributed by atoms with Crippen LogP contribution in [-0.2, 0) is 26.5 Å². The molecule has 0 radical (unpaired) electrons. The zero-order chi connectivity index (χ0) is 13.4. The fourth-order valence-electron chi connectivity index (χ4n) is 1.59. The molecule has 0 aliphatic carbocycles. The molecular weight excluding hydrogens is 251 g/mol. The maximum absolute atomic E-state index is 12.3. The molecule has 0 bridgehead atoms. The molecule has 0 aliphatic rings. The molecular formula is C12H21N2O3P. The number of rotatable bonds is 8. The van der Waals surface area contributed by atoms with Gasteiger partial charge in [0.15, 0.2) is 0 Å². The highest BCUT2D eigenvalue weighted by molar-refractivity contribution is 7.53. The van der Waals surface area contributed by atoms with Crippen molar-refractivity contribution in [2.45, 2.75) is 33.6 Å². The van der Waals surface area contributed by atoms with E-state index < -0.39 is 7.60 Å². The predicted molar refractivity (Wildman–Crippen MR) is 70.8 cm³/mol. The third-order valence-electron chi connectivity index (χ3n) is 2.44. The third-order valence-corrected chi connectivity index (χ3v) is 4.51. The van der Waals surface area contributed by atoms with Gasteiger partial charge in [-0.2, -0.15) is 0 Å². The van der Waals surface area contributed by atoms with Crippen LogP contribution in [0.4, 0.5) is 0 Å². The minimum absolute atomic E-state index is 0.356. The molecule has 6 heteroatoms. The Morgan fingerprint density at radius 3 is 2.28 bits per heavy atom. The summed E-state index contributed by atoms with van der Waals surface area (Å²) in [7, 11) is -2.97. The normalized spacial score (nSPS) is 11.7. The molecule has 102 valence electrons. The van der Waals surface area contributed by atoms with Crippen LogP contribution in [-0.4, -0.2) is 29.3 Å². The van der Waals surface area contributed by atoms with E-state index in [1.807, 2.05) is 26.8 Å². The molecule has 1 heterocycles. The zero-order valence-electron chi connectivity index (χ0n) is 11.3. The predicted octanol–water partition coefficient (Wildman–Crippen LogP) is 2.85. The highest BCUT2D eigenvalue weighted by atomic mass is 31.2. The second kappa shape index (κ2) is 7.62. The van der Waals surface area contributed by atoms with Crippen LogP contribution in [0.15, 0.2) is 12.4 Å². The molecule has 18 heavy (non-hydrogen) atoms. The fraction of sp³-hybridized carbons (Fsp3) is 0.667. The number of aromatic nitrogens is 2. The Morgan fingerprint density at radius 2 is 1.72 bits per heavy atom. The minimum Gasteiger partial charge on any atom is -0.309 e. The molecule has 5 nitrogen and oxygen atoms in total. The average molecular weight is 272 g/mol. The summed E-state index contributed by atoms with van der Waals surface area (Å²) in [6, 6.07) is 1.93. The lowest BCUT2D eigenvalue weighted by Crippen LogP contribution is -2.04. The smallest absolute Gasteiger partial charge is 0.309 e. The first kappa shape index (κ1) is 15.3. The molecule has 0 fully saturated rings. The monoisotopic (exact) mass is 272 g/mol. The van der Waals surface area contributed by atoms with Gasteiger partial charge in [0.05, 0.1) is 19.4 Å². The highest BCUT2D eigenvalue weighted by Crippen LogP contribution is 2.48. The molecule has 1 rings (SSSR count). The van der Waals surface area contributed by atoms with Gasteiger partial charge in [-0.25, -0.2) is 9.97 Å². The molecule has 1 aromatic rings. The van der Waals surface area contributed by atoms with E-state index in [0.717, 1.165) is 17.8 Å². The summed E-state index contributed by atoms with van der Waals surface area (Å²) in [5.74, 6) is 0. The highest BCUT2D eigenvalue weighted by Gasteiger charge is 2.23. The van der Waals surface area contributed by atoms with Gasteiger partial charge in [0.2, 0.25) is 0 Å². The molecule has 0 N–H and O–H groups in total. The van der Waals surface area contributed by atoms with E-state index in [4.69, 9.17) is 9.05 Å². The van der Waals surface area contributed by atoms with Crippen molar-refractivity contribution in [2.75, 3.05) is 19.4 Å². The first-order valence-corrected chi connectivity index (χ1v) is 8.04. The van der Waals surface area contributed by atoms with E-state index in [1.165, 1.54) is 0 Å². The van der Waals surface area contributed by atoms with Crippen molar-refractivity contribution in [3.8, 4) is 0 Å². The van der Waals surface area contributed by atoms with Crippen molar-refractivity contribution in [3.63, 3.8) is 0 Å². The lowest BCUT2D eigenvalue weighted by Gasteiger charge is -2.16. The van der Waals surface area contributed by atoms with Crippen LogP contribution in [0.5, 0.6) is 0 Å². The van der Waals surface area contributed by atoms with Gasteiger partial charge in [-0.05, 0) is 26.3 Å². The van der Waals surface area contributed by atoms with E-state index in [-0.39, 0.29) is 0 Å². The zero-order valence-corrected chi connectivity index (χ0v) is 12.2. The number of nitrogens with zero attached hydrogens (tertiary/aromatic N) is 2. The SMILES string of the molecule is CCOP(=O)(CCc1cc(CC)ncn1)OCC. The molecule has 1 aromatic heterocycles. The standard InChI is InChI=1S/C12H21N2O3P/c1-4-11-9-12(14-10-13-11)7-8-18(15,16-5-2)17-6-3/h9-10H,4-8H2,1-3H3. The first-order chi connectivity index (χ1) is 8.63. The van der Waals surface area contributed by atoms with Gasteiger partial charge in [0, 0.05) is 17.8 Å². The van der Waals surface area contributed by atoms with Crippen molar-refractivity contribution in [1.29, 1.82) is 0 Å². The van der Waals surface area contributed by atoms with Crippen LogP contribution >= 0.6 is 7.60 Å². The maximum atomic E-state index is 12.3. The lowest BCUT2D eigenvalue weighted by molar-refractivity contribution is 0.220. The van der Waals surface area contributed by atoms with Gasteiger partial charge in [0.25, 0.3) is 0 Å². The molecule has 0 spiro atoms. The molecule has 0 unspecified atom stereocenters. The fourth-order valence-corrected chi connectivity index (χ4v) is 3.21. The van der Waals surface area contributed by atoms with Crippen molar-refractivity contribution < 1.29 is 13.6 Å². The second-order valence-electron chi connectivity index (χ2n) is 3.77. The number of hydrogen-bond donors (Lipinski definition) is 0. The summed E-state index contributed by atoms with van der Waals surface area (Å²) in [6.07, 6.45) is 3.34.